The van der Waals surface area contributed by atoms with Crippen LogP contribution in [0.2, 0.25) is 0 Å². The zero-order chi connectivity index (χ0) is 17.7. The lowest BCUT2D eigenvalue weighted by molar-refractivity contribution is 0.265. The number of nitrogens with two attached hydrogens (primary N) is 1. The summed E-state index contributed by atoms with van der Waals surface area (Å²) in [7, 11) is 0. The molecule has 0 spiro atoms. The Bertz CT molecular complexity index is 737. The number of hydrazine groups is 1. The van der Waals surface area contributed by atoms with Crippen LogP contribution in [0.3, 0.4) is 0 Å². The van der Waals surface area contributed by atoms with Crippen molar-refractivity contribution >= 4 is 38.6 Å². The smallest absolute Gasteiger partial charge is 0.300 e. The summed E-state index contributed by atoms with van der Waals surface area (Å²) in [6, 6.07) is 11.8. The lowest BCUT2D eigenvalue weighted by Gasteiger charge is -2.21. The molecule has 0 aromatic heterocycles. The molecule has 0 aliphatic rings. The molecule has 2 aromatic rings. The van der Waals surface area contributed by atoms with Crippen LogP contribution in [0.25, 0.3) is 0 Å². The number of thioether (sulfide) groups is 1. The second-order valence-corrected chi connectivity index (χ2v) is 6.94. The van der Waals surface area contributed by atoms with E-state index in [1.807, 2.05) is 31.2 Å². The zero-order valence-electron chi connectivity index (χ0n) is 14.0. The van der Waals surface area contributed by atoms with Crippen molar-refractivity contribution in [1.29, 1.82) is 0 Å². The SMILES string of the molecule is CCc1ccc(OCc2cccc(Br)c2N(N)C(=O)SC)c(C)c1. The molecule has 0 bridgehead atoms. The maximum Gasteiger partial charge on any atom is 0.300 e. The first-order chi connectivity index (χ1) is 11.5. The van der Waals surface area contributed by atoms with Crippen molar-refractivity contribution in [2.45, 2.75) is 26.9 Å². The highest BCUT2D eigenvalue weighted by molar-refractivity contribution is 9.10. The summed E-state index contributed by atoms with van der Waals surface area (Å²) in [4.78, 5) is 11.9. The predicted octanol–water partition coefficient (Wildman–Crippen LogP) is 5.06. The van der Waals surface area contributed by atoms with E-state index in [1.54, 1.807) is 6.26 Å². The number of hydrogen-bond donors (Lipinski definition) is 1. The molecule has 0 fully saturated rings. The molecule has 0 saturated carbocycles. The standard InChI is InChI=1S/C18H21BrN2O2S/c1-4-13-8-9-16(12(2)10-13)23-11-14-6-5-7-15(19)17(14)21(20)18(22)24-3/h5-10H,4,11,20H2,1-3H3. The molecule has 0 aliphatic carbocycles. The minimum Gasteiger partial charge on any atom is -0.489 e. The Balaban J connectivity index is 2.24. The number of halogens is 1. The first-order valence-corrected chi connectivity index (χ1v) is 9.62. The Morgan fingerprint density at radius 1 is 1.33 bits per heavy atom. The topological polar surface area (TPSA) is 55.6 Å². The van der Waals surface area contributed by atoms with E-state index in [9.17, 15) is 4.79 Å². The van der Waals surface area contributed by atoms with Crippen molar-refractivity contribution in [3.8, 4) is 5.75 Å². The highest BCUT2D eigenvalue weighted by atomic mass is 79.9. The van der Waals surface area contributed by atoms with E-state index >= 15 is 0 Å². The molecule has 2 aromatic carbocycles. The summed E-state index contributed by atoms with van der Waals surface area (Å²) < 4.78 is 6.72. The number of ether oxygens (including phenoxy) is 1. The Kier molecular flexibility index (Phi) is 6.71. The molecule has 6 heteroatoms. The van der Waals surface area contributed by atoms with Crippen LogP contribution in [0.15, 0.2) is 40.9 Å². The van der Waals surface area contributed by atoms with Gasteiger partial charge in [0.05, 0.1) is 5.69 Å². The average Bonchev–Trinajstić information content (AvgIpc) is 2.59. The quantitative estimate of drug-likeness (QED) is 0.426. The van der Waals surface area contributed by atoms with Crippen LogP contribution >= 0.6 is 27.7 Å². The lowest BCUT2D eigenvalue weighted by atomic mass is 10.1. The largest absolute Gasteiger partial charge is 0.489 e. The minimum atomic E-state index is -0.230. The van der Waals surface area contributed by atoms with E-state index in [4.69, 9.17) is 10.6 Å². The number of benzene rings is 2. The number of anilines is 1. The normalized spacial score (nSPS) is 10.5. The first-order valence-electron chi connectivity index (χ1n) is 7.60. The van der Waals surface area contributed by atoms with E-state index in [2.05, 4.69) is 35.0 Å². The van der Waals surface area contributed by atoms with Gasteiger partial charge < -0.3 is 4.74 Å². The number of carbonyl (C=O) groups is 1. The van der Waals surface area contributed by atoms with E-state index in [1.165, 1.54) is 5.56 Å². The highest BCUT2D eigenvalue weighted by Gasteiger charge is 2.18. The van der Waals surface area contributed by atoms with Gasteiger partial charge in [-0.15, -0.1) is 0 Å². The van der Waals surface area contributed by atoms with E-state index in [0.717, 1.165) is 44.5 Å². The van der Waals surface area contributed by atoms with Crippen LogP contribution in [0.4, 0.5) is 10.5 Å². The molecule has 0 aliphatic heterocycles. The molecule has 2 rings (SSSR count). The van der Waals surface area contributed by atoms with E-state index in [0.29, 0.717) is 12.3 Å². The Morgan fingerprint density at radius 2 is 2.08 bits per heavy atom. The second-order valence-electron chi connectivity index (χ2n) is 5.33. The summed E-state index contributed by atoms with van der Waals surface area (Å²) in [6.45, 7) is 4.49. The van der Waals surface area contributed by atoms with Crippen LogP contribution in [-0.2, 0) is 13.0 Å². The van der Waals surface area contributed by atoms with Gasteiger partial charge in [-0.3, -0.25) is 4.79 Å². The number of carbonyl (C=O) groups excluding carboxylic acids is 1. The average molecular weight is 409 g/mol. The monoisotopic (exact) mass is 408 g/mol. The molecule has 128 valence electrons. The number of rotatable bonds is 5. The molecule has 2 N–H and O–H groups in total. The maximum absolute atomic E-state index is 11.9. The summed E-state index contributed by atoms with van der Waals surface area (Å²) in [5.41, 5.74) is 3.84. The maximum atomic E-state index is 11.9. The Hall–Kier alpha value is -1.50. The molecular formula is C18H21BrN2O2S. The van der Waals surface area contributed by atoms with Crippen LogP contribution in [0.5, 0.6) is 5.75 Å². The molecule has 4 nitrogen and oxygen atoms in total. The van der Waals surface area contributed by atoms with Crippen LogP contribution in [-0.4, -0.2) is 11.5 Å². The first kappa shape index (κ1) is 18.8. The molecule has 1 amide bonds. The van der Waals surface area contributed by atoms with Gasteiger partial charge in [-0.1, -0.05) is 43.0 Å². The Morgan fingerprint density at radius 3 is 2.71 bits per heavy atom. The van der Waals surface area contributed by atoms with Crippen LogP contribution in [0.1, 0.15) is 23.6 Å². The molecule has 24 heavy (non-hydrogen) atoms. The van der Waals surface area contributed by atoms with Gasteiger partial charge in [0.2, 0.25) is 0 Å². The fourth-order valence-electron chi connectivity index (χ4n) is 2.38. The minimum absolute atomic E-state index is 0.230. The summed E-state index contributed by atoms with van der Waals surface area (Å²) in [5.74, 6) is 6.80. The van der Waals surface area contributed by atoms with Crippen molar-refractivity contribution in [3.63, 3.8) is 0 Å². The van der Waals surface area contributed by atoms with Crippen molar-refractivity contribution in [2.24, 2.45) is 5.84 Å². The summed E-state index contributed by atoms with van der Waals surface area (Å²) in [5, 5.41) is 0.923. The summed E-state index contributed by atoms with van der Waals surface area (Å²) in [6.07, 6.45) is 2.70. The predicted molar refractivity (Wildman–Crippen MR) is 105 cm³/mol. The van der Waals surface area contributed by atoms with Crippen molar-refractivity contribution in [1.82, 2.24) is 0 Å². The van der Waals surface area contributed by atoms with Crippen molar-refractivity contribution in [3.05, 3.63) is 57.6 Å². The number of para-hydroxylation sites is 1. The van der Waals surface area contributed by atoms with Gasteiger partial charge in [-0.2, -0.15) is 0 Å². The fraction of sp³-hybridized carbons (Fsp3) is 0.278. The van der Waals surface area contributed by atoms with Gasteiger partial charge in [-0.05, 0) is 58.8 Å². The highest BCUT2D eigenvalue weighted by Crippen LogP contribution is 2.31. The zero-order valence-corrected chi connectivity index (χ0v) is 16.4. The number of amides is 1. The lowest BCUT2D eigenvalue weighted by Crippen LogP contribution is -2.35. The third-order valence-corrected chi connectivity index (χ3v) is 4.90. The van der Waals surface area contributed by atoms with Gasteiger partial charge in [0.25, 0.3) is 5.24 Å². The van der Waals surface area contributed by atoms with Crippen LogP contribution in [0, 0.1) is 6.92 Å². The van der Waals surface area contributed by atoms with Gasteiger partial charge in [0.1, 0.15) is 12.4 Å². The third-order valence-electron chi connectivity index (χ3n) is 3.71. The molecule has 0 heterocycles. The fourth-order valence-corrected chi connectivity index (χ4v) is 3.27. The Labute approximate surface area is 155 Å². The molecule has 0 unspecified atom stereocenters. The van der Waals surface area contributed by atoms with Crippen molar-refractivity contribution < 1.29 is 9.53 Å². The molecule has 0 radical (unpaired) electrons. The molecule has 0 atom stereocenters. The number of hydrogen-bond acceptors (Lipinski definition) is 4. The third kappa shape index (κ3) is 4.32. The van der Waals surface area contributed by atoms with Crippen LogP contribution < -0.4 is 15.6 Å². The van der Waals surface area contributed by atoms with E-state index in [-0.39, 0.29) is 5.24 Å². The number of nitrogens with zero attached hydrogens (tertiary/aromatic N) is 1. The summed E-state index contributed by atoms with van der Waals surface area (Å²) >= 11 is 4.53. The number of aryl methyl sites for hydroxylation is 2. The molecular weight excluding hydrogens is 388 g/mol. The van der Waals surface area contributed by atoms with Gasteiger partial charge in [0, 0.05) is 10.0 Å². The van der Waals surface area contributed by atoms with Gasteiger partial charge in [-0.25, -0.2) is 10.9 Å². The van der Waals surface area contributed by atoms with Crippen molar-refractivity contribution in [2.75, 3.05) is 11.3 Å². The second kappa shape index (κ2) is 8.55. The van der Waals surface area contributed by atoms with Gasteiger partial charge in [0.15, 0.2) is 0 Å². The van der Waals surface area contributed by atoms with Gasteiger partial charge >= 0.3 is 0 Å². The van der Waals surface area contributed by atoms with E-state index < -0.39 is 0 Å². The molecule has 0 saturated heterocycles.